The summed E-state index contributed by atoms with van der Waals surface area (Å²) in [4.78, 5) is 1.59. The zero-order valence-corrected chi connectivity index (χ0v) is 28.9. The van der Waals surface area contributed by atoms with Gasteiger partial charge in [0.2, 0.25) is 0 Å². The van der Waals surface area contributed by atoms with E-state index in [1.165, 1.54) is 0 Å². The van der Waals surface area contributed by atoms with Crippen molar-refractivity contribution in [3.63, 3.8) is 0 Å². The molecule has 216 valence electrons. The predicted octanol–water partition coefficient (Wildman–Crippen LogP) is 9.43. The lowest BCUT2D eigenvalue weighted by molar-refractivity contribution is 0.160. The first kappa shape index (κ1) is 33.2. The Kier molecular flexibility index (Phi) is 11.9. The fourth-order valence-electron chi connectivity index (χ4n) is 4.99. The molecule has 4 atom stereocenters. The minimum Gasteiger partial charge on any atom is -0.410 e. The summed E-state index contributed by atoms with van der Waals surface area (Å²) in [6.07, 6.45) is 8.18. The maximum absolute atomic E-state index is 15.0. The third kappa shape index (κ3) is 7.59. The van der Waals surface area contributed by atoms with E-state index in [4.69, 9.17) is 8.85 Å². The first-order valence-electron chi connectivity index (χ1n) is 14.6. The van der Waals surface area contributed by atoms with Gasteiger partial charge in [0.05, 0.1) is 22.0 Å². The van der Waals surface area contributed by atoms with Crippen molar-refractivity contribution in [2.45, 2.75) is 122 Å². The molecule has 1 aromatic rings. The number of hydrogen-bond acceptors (Lipinski definition) is 4. The molecule has 0 saturated carbocycles. The molecule has 0 bridgehead atoms. The Morgan fingerprint density at radius 1 is 1.03 bits per heavy atom. The zero-order valence-electron chi connectivity index (χ0n) is 26.0. The summed E-state index contributed by atoms with van der Waals surface area (Å²) in [7, 11) is -5.20. The molecule has 0 spiro atoms. The molecular formula is C31H55NO3SSi2. The molecule has 0 heterocycles. The molecule has 0 saturated heterocycles. The summed E-state index contributed by atoms with van der Waals surface area (Å²) < 4.78 is 33.9. The third-order valence-electron chi connectivity index (χ3n) is 8.95. The highest BCUT2D eigenvalue weighted by atomic mass is 32.2. The van der Waals surface area contributed by atoms with Crippen molar-refractivity contribution in [1.82, 2.24) is 0 Å². The van der Waals surface area contributed by atoms with Gasteiger partial charge in [-0.05, 0) is 67.2 Å². The normalized spacial score (nSPS) is 25.5. The molecule has 7 heteroatoms. The van der Waals surface area contributed by atoms with Gasteiger partial charge in [-0.3, -0.25) is 0 Å². The van der Waals surface area contributed by atoms with Crippen LogP contribution in [0.1, 0.15) is 68.2 Å². The van der Waals surface area contributed by atoms with Crippen LogP contribution in [0, 0.1) is 11.8 Å². The average Bonchev–Trinajstić information content (AvgIpc) is 2.96. The zero-order chi connectivity index (χ0) is 28.8. The quantitative estimate of drug-likeness (QED) is 0.205. The summed E-state index contributed by atoms with van der Waals surface area (Å²) >= 11 is 0. The Morgan fingerprint density at radius 2 is 1.61 bits per heavy atom. The molecule has 0 radical (unpaired) electrons. The van der Waals surface area contributed by atoms with E-state index in [0.29, 0.717) is 5.92 Å². The molecule has 0 amide bonds. The molecule has 1 aliphatic carbocycles. The van der Waals surface area contributed by atoms with Gasteiger partial charge in [0.15, 0.2) is 16.6 Å². The first-order valence-corrected chi connectivity index (χ1v) is 21.6. The van der Waals surface area contributed by atoms with Crippen molar-refractivity contribution in [3.05, 3.63) is 53.5 Å². The van der Waals surface area contributed by atoms with E-state index in [1.54, 1.807) is 7.05 Å². The summed E-state index contributed by atoms with van der Waals surface area (Å²) in [6.45, 7) is 22.7. The van der Waals surface area contributed by atoms with Crippen LogP contribution in [0.4, 0.5) is 0 Å². The van der Waals surface area contributed by atoms with Crippen molar-refractivity contribution in [2.24, 2.45) is 16.2 Å². The van der Waals surface area contributed by atoms with Crippen molar-refractivity contribution >= 4 is 26.4 Å². The van der Waals surface area contributed by atoms with Gasteiger partial charge < -0.3 is 8.85 Å². The van der Waals surface area contributed by atoms with Crippen molar-refractivity contribution < 1.29 is 13.1 Å². The fraction of sp³-hybridized carbons (Fsp3) is 0.677. The molecule has 0 aromatic heterocycles. The van der Waals surface area contributed by atoms with E-state index >= 15 is 4.21 Å². The summed E-state index contributed by atoms with van der Waals surface area (Å²) in [5.41, 5.74) is 0. The Labute approximate surface area is 237 Å². The van der Waals surface area contributed by atoms with E-state index in [9.17, 15) is 0 Å². The van der Waals surface area contributed by atoms with E-state index in [0.717, 1.165) is 40.8 Å². The maximum atomic E-state index is 15.0. The monoisotopic (exact) mass is 577 g/mol. The molecule has 38 heavy (non-hydrogen) atoms. The average molecular weight is 578 g/mol. The topological polar surface area (TPSA) is 47.9 Å². The van der Waals surface area contributed by atoms with Gasteiger partial charge in [0.1, 0.15) is 9.73 Å². The molecule has 1 aliphatic rings. The molecule has 1 unspecified atom stereocenters. The minimum atomic E-state index is -2.87. The van der Waals surface area contributed by atoms with E-state index in [2.05, 4.69) is 91.1 Å². The summed E-state index contributed by atoms with van der Waals surface area (Å²) in [6, 6.07) is 13.1. The minimum absolute atomic E-state index is 0.0422. The van der Waals surface area contributed by atoms with Gasteiger partial charge in [-0.15, -0.1) is 0 Å². The van der Waals surface area contributed by atoms with Crippen LogP contribution in [0.2, 0.25) is 36.3 Å². The molecule has 0 N–H and O–H groups in total. The Bertz CT molecular complexity index is 1050. The van der Waals surface area contributed by atoms with Gasteiger partial charge in [0, 0.05) is 13.0 Å². The van der Waals surface area contributed by atoms with E-state index in [-0.39, 0.29) is 23.2 Å². The van der Waals surface area contributed by atoms with Crippen LogP contribution < -0.4 is 0 Å². The Hall–Kier alpha value is -0.996. The summed E-state index contributed by atoms with van der Waals surface area (Å²) in [5, 5.41) is 0.0427. The largest absolute Gasteiger partial charge is 0.410 e. The molecule has 1 aromatic carbocycles. The van der Waals surface area contributed by atoms with Crippen LogP contribution in [0.25, 0.3) is 0 Å². The smallest absolute Gasteiger partial charge is 0.192 e. The lowest BCUT2D eigenvalue weighted by Crippen LogP contribution is -2.45. The number of allylic oxidation sites excluding steroid dienone is 1. The van der Waals surface area contributed by atoms with Gasteiger partial charge in [-0.2, -0.15) is 0 Å². The number of nitrogens with zero attached hydrogens (tertiary/aromatic N) is 1. The third-order valence-corrected chi connectivity index (χ3v) is 20.5. The second kappa shape index (κ2) is 13.6. The number of hydrogen-bond donors (Lipinski definition) is 0. The van der Waals surface area contributed by atoms with Crippen LogP contribution in [0.15, 0.2) is 62.7 Å². The molecule has 0 aliphatic heterocycles. The van der Waals surface area contributed by atoms with Gasteiger partial charge in [-0.25, -0.2) is 8.57 Å². The predicted molar refractivity (Wildman–Crippen MR) is 170 cm³/mol. The molecule has 2 rings (SSSR count). The maximum Gasteiger partial charge on any atom is 0.192 e. The molecular weight excluding hydrogens is 523 g/mol. The van der Waals surface area contributed by atoms with Crippen molar-refractivity contribution in [3.8, 4) is 0 Å². The first-order chi connectivity index (χ1) is 17.7. The van der Waals surface area contributed by atoms with Gasteiger partial charge in [-0.1, -0.05) is 91.8 Å². The van der Waals surface area contributed by atoms with Crippen LogP contribution >= 0.6 is 0 Å². The summed E-state index contributed by atoms with van der Waals surface area (Å²) in [5.74, 6) is 0.382. The highest BCUT2D eigenvalue weighted by Crippen LogP contribution is 2.42. The number of rotatable bonds is 10. The highest BCUT2D eigenvalue weighted by molar-refractivity contribution is 7.97. The highest BCUT2D eigenvalue weighted by Gasteiger charge is 2.42. The molecule has 4 nitrogen and oxygen atoms in total. The van der Waals surface area contributed by atoms with Crippen molar-refractivity contribution in [2.75, 3.05) is 7.05 Å². The van der Waals surface area contributed by atoms with Crippen LogP contribution in [0.5, 0.6) is 0 Å². The number of benzene rings is 1. The second-order valence-electron chi connectivity index (χ2n) is 12.6. The SMILES string of the molecule is CC[Si](CC)(CC)O[C@H]1/C=C\CC[C@H](O[Si](C)(C)C(C)(C)C)/C(S(=O)(=NC)c2ccccc2)=C\[C@H]1C(C)C. The van der Waals surface area contributed by atoms with Crippen molar-refractivity contribution in [1.29, 1.82) is 0 Å². The lowest BCUT2D eigenvalue weighted by Gasteiger charge is -2.40. The standard InChI is InChI=1S/C31H55NO3SSi2/c1-12-38(13-2,14-3)35-28-22-18-19-23-29(34-37(10,11)31(6,7)8)30(24-27(28)25(4)5)36(33,32-9)26-20-16-15-17-21-26/h15-18,20-22,24-25,27-29H,12-14,19,23H2,1-11H3/b22-18-,30-24+/t27-,28-,29-,36?/m0/s1. The van der Waals surface area contributed by atoms with Crippen LogP contribution in [-0.4, -0.2) is 40.1 Å². The molecule has 0 fully saturated rings. The second-order valence-corrected chi connectivity index (χ2v) is 24.4. The lowest BCUT2D eigenvalue weighted by atomic mass is 9.89. The Balaban J connectivity index is 2.81. The van der Waals surface area contributed by atoms with E-state index < -0.39 is 26.4 Å². The van der Waals surface area contributed by atoms with Crippen LogP contribution in [0.3, 0.4) is 0 Å². The Morgan fingerprint density at radius 3 is 2.08 bits per heavy atom. The van der Waals surface area contributed by atoms with Gasteiger partial charge in [0.25, 0.3) is 0 Å². The fourth-order valence-corrected chi connectivity index (χ4v) is 11.3. The van der Waals surface area contributed by atoms with Gasteiger partial charge >= 0.3 is 0 Å². The van der Waals surface area contributed by atoms with E-state index in [1.807, 2.05) is 30.3 Å². The van der Waals surface area contributed by atoms with Crippen LogP contribution in [-0.2, 0) is 18.6 Å².